The summed E-state index contributed by atoms with van der Waals surface area (Å²) in [6.45, 7) is 0. The van der Waals surface area contributed by atoms with Gasteiger partial charge in [0.2, 0.25) is 0 Å². The van der Waals surface area contributed by atoms with Crippen LogP contribution in [-0.2, 0) is 11.2 Å². The van der Waals surface area contributed by atoms with E-state index in [0.29, 0.717) is 11.9 Å². The Kier molecular flexibility index (Phi) is 4.15. The van der Waals surface area contributed by atoms with Crippen LogP contribution in [0.1, 0.15) is 5.56 Å². The van der Waals surface area contributed by atoms with E-state index in [2.05, 4.69) is 10.3 Å². The molecular formula is C13H13ClFN3O2S. The molecule has 0 radical (unpaired) electrons. The maximum Gasteiger partial charge on any atom is 0.324 e. The van der Waals surface area contributed by atoms with Gasteiger partial charge in [-0.15, -0.1) is 0 Å². The van der Waals surface area contributed by atoms with Gasteiger partial charge in [-0.1, -0.05) is 11.6 Å². The van der Waals surface area contributed by atoms with Crippen LogP contribution >= 0.6 is 25.1 Å². The molecule has 8 heteroatoms. The topological polar surface area (TPSA) is 65.2 Å². The number of H-pyrrole nitrogens is 1. The van der Waals surface area contributed by atoms with Crippen LogP contribution in [0.25, 0.3) is 10.9 Å². The maximum atomic E-state index is 13.4. The number of urea groups is 1. The molecular weight excluding hydrogens is 317 g/mol. The van der Waals surface area contributed by atoms with Gasteiger partial charge in [0.25, 0.3) is 5.91 Å². The van der Waals surface area contributed by atoms with E-state index < -0.39 is 17.9 Å². The second-order valence-electron chi connectivity index (χ2n) is 4.70. The number of imide groups is 1. The summed E-state index contributed by atoms with van der Waals surface area (Å²) in [5.41, 5.74) is 1.29. The lowest BCUT2D eigenvalue weighted by Gasteiger charge is -2.07. The van der Waals surface area contributed by atoms with Crippen molar-refractivity contribution in [1.82, 2.24) is 15.2 Å². The highest BCUT2D eigenvalue weighted by Gasteiger charge is 2.35. The number of carbonyl (C=O) groups is 2. The van der Waals surface area contributed by atoms with Gasteiger partial charge in [-0.2, -0.15) is 13.5 Å². The fraction of sp³-hybridized carbons (Fsp3) is 0.231. The number of aromatic amines is 1. The van der Waals surface area contributed by atoms with Crippen molar-refractivity contribution in [3.8, 4) is 0 Å². The van der Waals surface area contributed by atoms with Crippen molar-refractivity contribution in [2.45, 2.75) is 12.5 Å². The van der Waals surface area contributed by atoms with Crippen LogP contribution < -0.4 is 5.32 Å². The number of fused-ring (bicyclic) bond motifs is 1. The summed E-state index contributed by atoms with van der Waals surface area (Å²) < 4.78 is 13.4. The summed E-state index contributed by atoms with van der Waals surface area (Å²) in [6, 6.07) is 1.87. The molecule has 5 nitrogen and oxygen atoms in total. The Morgan fingerprint density at radius 3 is 2.71 bits per heavy atom. The van der Waals surface area contributed by atoms with E-state index in [4.69, 9.17) is 11.6 Å². The number of nitrogens with one attached hydrogen (secondary N) is 2. The summed E-state index contributed by atoms with van der Waals surface area (Å²) >= 11 is 5.88. The lowest BCUT2D eigenvalue weighted by atomic mass is 10.1. The van der Waals surface area contributed by atoms with Gasteiger partial charge < -0.3 is 10.3 Å². The molecule has 2 aromatic rings. The average Bonchev–Trinajstić information content (AvgIpc) is 2.93. The fourth-order valence-corrected chi connectivity index (χ4v) is 2.58. The first-order valence-electron chi connectivity index (χ1n) is 6.01. The van der Waals surface area contributed by atoms with Crippen molar-refractivity contribution >= 4 is 47.9 Å². The van der Waals surface area contributed by atoms with Crippen LogP contribution in [0.15, 0.2) is 18.3 Å². The van der Waals surface area contributed by atoms with Crippen LogP contribution in [0, 0.1) is 5.82 Å². The zero-order chi connectivity index (χ0) is 14.4. The van der Waals surface area contributed by atoms with E-state index >= 15 is 0 Å². The number of benzene rings is 1. The third-order valence-corrected chi connectivity index (χ3v) is 3.86. The van der Waals surface area contributed by atoms with E-state index in [1.54, 1.807) is 12.3 Å². The van der Waals surface area contributed by atoms with E-state index in [9.17, 15) is 14.0 Å². The number of carbonyl (C=O) groups excluding carboxylic acids is 2. The van der Waals surface area contributed by atoms with Crippen molar-refractivity contribution < 1.29 is 14.0 Å². The zero-order valence-electron chi connectivity index (χ0n) is 11.0. The summed E-state index contributed by atoms with van der Waals surface area (Å²) in [7, 11) is 1.43. The number of hydrogen-bond acceptors (Lipinski definition) is 2. The Balaban J connectivity index is 0.00000161. The summed E-state index contributed by atoms with van der Waals surface area (Å²) in [4.78, 5) is 27.2. The fourth-order valence-electron chi connectivity index (χ4n) is 2.36. The van der Waals surface area contributed by atoms with Crippen molar-refractivity contribution in [2.75, 3.05) is 7.05 Å². The minimum Gasteiger partial charge on any atom is -0.360 e. The molecule has 0 unspecified atom stereocenters. The third kappa shape index (κ3) is 2.47. The quantitative estimate of drug-likeness (QED) is 0.829. The predicted molar refractivity (Wildman–Crippen MR) is 82.4 cm³/mol. The Morgan fingerprint density at radius 1 is 1.38 bits per heavy atom. The number of likely N-dealkylation sites (N-methyl/N-ethyl adjacent to an activating group) is 1. The second-order valence-corrected chi connectivity index (χ2v) is 5.08. The normalized spacial score (nSPS) is 18.0. The molecule has 1 aromatic carbocycles. The molecule has 3 amide bonds. The van der Waals surface area contributed by atoms with E-state index in [0.717, 1.165) is 15.8 Å². The zero-order valence-corrected chi connectivity index (χ0v) is 12.8. The highest BCUT2D eigenvalue weighted by molar-refractivity contribution is 7.59. The van der Waals surface area contributed by atoms with Crippen LogP contribution in [0.5, 0.6) is 0 Å². The number of nitrogens with zero attached hydrogens (tertiary/aromatic N) is 1. The summed E-state index contributed by atoms with van der Waals surface area (Å²) in [6.07, 6.45) is 2.00. The molecule has 1 aliphatic heterocycles. The summed E-state index contributed by atoms with van der Waals surface area (Å²) in [5.74, 6) is -0.782. The molecule has 112 valence electrons. The molecule has 21 heavy (non-hydrogen) atoms. The van der Waals surface area contributed by atoms with Crippen LogP contribution in [-0.4, -0.2) is 34.9 Å². The Labute approximate surface area is 131 Å². The van der Waals surface area contributed by atoms with Gasteiger partial charge >= 0.3 is 6.03 Å². The van der Waals surface area contributed by atoms with Crippen LogP contribution in [0.3, 0.4) is 0 Å². The number of hydrogen-bond donors (Lipinski definition) is 2. The molecule has 1 atom stereocenters. The molecule has 0 bridgehead atoms. The summed E-state index contributed by atoms with van der Waals surface area (Å²) in [5, 5.41) is 3.36. The SMILES string of the molecule is CN1C(=O)N[C@@H](Cc2c[nH]c3c(Cl)c(F)ccc23)C1=O.S. The molecule has 0 aliphatic carbocycles. The van der Waals surface area contributed by atoms with Gasteiger partial charge in [-0.05, 0) is 17.7 Å². The van der Waals surface area contributed by atoms with Crippen molar-refractivity contribution in [3.05, 3.63) is 34.7 Å². The van der Waals surface area contributed by atoms with Crippen LogP contribution in [0.2, 0.25) is 5.02 Å². The minimum absolute atomic E-state index is 0. The number of rotatable bonds is 2. The van der Waals surface area contributed by atoms with Gasteiger partial charge in [0.1, 0.15) is 16.9 Å². The number of halogens is 2. The highest BCUT2D eigenvalue weighted by atomic mass is 35.5. The van der Waals surface area contributed by atoms with Crippen molar-refractivity contribution in [1.29, 1.82) is 0 Å². The highest BCUT2D eigenvalue weighted by Crippen LogP contribution is 2.28. The second kappa shape index (κ2) is 5.57. The van der Waals surface area contributed by atoms with Gasteiger partial charge in [-0.25, -0.2) is 9.18 Å². The largest absolute Gasteiger partial charge is 0.360 e. The lowest BCUT2D eigenvalue weighted by molar-refractivity contribution is -0.126. The Hall–Kier alpha value is -1.73. The van der Waals surface area contributed by atoms with E-state index in [1.807, 2.05) is 0 Å². The van der Waals surface area contributed by atoms with Crippen molar-refractivity contribution in [2.24, 2.45) is 0 Å². The predicted octanol–water partition coefficient (Wildman–Crippen LogP) is 2.17. The average molecular weight is 330 g/mol. The molecule has 1 saturated heterocycles. The molecule has 1 aromatic heterocycles. The Bertz CT molecular complexity index is 734. The first-order chi connectivity index (χ1) is 9.49. The van der Waals surface area contributed by atoms with Crippen LogP contribution in [0.4, 0.5) is 9.18 Å². The molecule has 0 spiro atoms. The smallest absolute Gasteiger partial charge is 0.324 e. The molecule has 1 fully saturated rings. The molecule has 0 saturated carbocycles. The number of aromatic nitrogens is 1. The first-order valence-corrected chi connectivity index (χ1v) is 6.39. The van der Waals surface area contributed by atoms with E-state index in [1.165, 1.54) is 13.1 Å². The first kappa shape index (κ1) is 15.7. The monoisotopic (exact) mass is 329 g/mol. The Morgan fingerprint density at radius 2 is 2.10 bits per heavy atom. The molecule has 1 aliphatic rings. The van der Waals surface area contributed by atoms with E-state index in [-0.39, 0.29) is 24.4 Å². The maximum absolute atomic E-state index is 13.4. The molecule has 2 heterocycles. The lowest BCUT2D eigenvalue weighted by Crippen LogP contribution is -2.31. The molecule has 3 rings (SSSR count). The number of amides is 3. The van der Waals surface area contributed by atoms with Gasteiger partial charge in [0, 0.05) is 25.1 Å². The standard InChI is InChI=1S/C13H11ClFN3O2.H2S/c1-18-12(19)9(17-13(18)20)4-6-5-16-11-7(6)2-3-8(15)10(11)14;/h2-3,5,9,16H,4H2,1H3,(H,17,20);1H2/t9-;/m0./s1. The minimum atomic E-state index is -0.602. The third-order valence-electron chi connectivity index (χ3n) is 3.49. The van der Waals surface area contributed by atoms with Gasteiger partial charge in [0.05, 0.1) is 5.52 Å². The van der Waals surface area contributed by atoms with Gasteiger partial charge in [0.15, 0.2) is 0 Å². The van der Waals surface area contributed by atoms with Crippen molar-refractivity contribution in [3.63, 3.8) is 0 Å². The molecule has 2 N–H and O–H groups in total. The van der Waals surface area contributed by atoms with Gasteiger partial charge in [-0.3, -0.25) is 9.69 Å².